The molecule has 23 heavy (non-hydrogen) atoms. The van der Waals surface area contributed by atoms with Crippen LogP contribution in [0.25, 0.3) is 0 Å². The van der Waals surface area contributed by atoms with Gasteiger partial charge in [0.05, 0.1) is 12.7 Å². The Morgan fingerprint density at radius 2 is 2.04 bits per heavy atom. The molecule has 0 radical (unpaired) electrons. The molecule has 8 heteroatoms. The van der Waals surface area contributed by atoms with Crippen molar-refractivity contribution in [2.24, 2.45) is 0 Å². The molecule has 0 spiro atoms. The summed E-state index contributed by atoms with van der Waals surface area (Å²) in [5, 5.41) is 8.66. The molecule has 0 unspecified atom stereocenters. The van der Waals surface area contributed by atoms with Gasteiger partial charge in [0.25, 0.3) is 15.9 Å². The summed E-state index contributed by atoms with van der Waals surface area (Å²) >= 11 is 0. The molecule has 1 aromatic heterocycles. The molecule has 118 valence electrons. The number of hydrogen-bond acceptors (Lipinski definition) is 6. The van der Waals surface area contributed by atoms with Crippen LogP contribution in [0.15, 0.2) is 41.6 Å². The minimum atomic E-state index is -4.08. The highest BCUT2D eigenvalue weighted by Gasteiger charge is 2.21. The number of methoxy groups -OCH3 is 1. The van der Waals surface area contributed by atoms with E-state index < -0.39 is 15.9 Å². The standard InChI is InChI=1S/C15H13N3O4S/c1-10-5-6-17-14(7-10)23(20,21)18-15(19)11-3-4-12(9-16)13(8-11)22-2/h3-8H,1-2H3,(H,18,19). The van der Waals surface area contributed by atoms with Crippen molar-refractivity contribution in [1.82, 2.24) is 9.71 Å². The number of aryl methyl sites for hydroxylation is 1. The number of nitrogens with one attached hydrogen (secondary N) is 1. The maximum atomic E-state index is 12.2. The van der Waals surface area contributed by atoms with E-state index in [-0.39, 0.29) is 21.9 Å². The third-order valence-electron chi connectivity index (χ3n) is 2.98. The minimum absolute atomic E-state index is 0.0529. The quantitative estimate of drug-likeness (QED) is 0.906. The van der Waals surface area contributed by atoms with Crippen LogP contribution in [0.5, 0.6) is 5.75 Å². The van der Waals surface area contributed by atoms with E-state index in [9.17, 15) is 13.2 Å². The summed E-state index contributed by atoms with van der Waals surface area (Å²) in [5.74, 6) is -0.651. The Morgan fingerprint density at radius 1 is 1.30 bits per heavy atom. The summed E-state index contributed by atoms with van der Waals surface area (Å²) in [4.78, 5) is 15.9. The number of rotatable bonds is 4. The molecular formula is C15H13N3O4S. The van der Waals surface area contributed by atoms with Gasteiger partial charge in [0.2, 0.25) is 0 Å². The molecule has 0 aliphatic heterocycles. The van der Waals surface area contributed by atoms with Crippen molar-refractivity contribution in [1.29, 1.82) is 5.26 Å². The molecule has 0 aliphatic rings. The Kier molecular flexibility index (Phi) is 4.62. The zero-order valence-corrected chi connectivity index (χ0v) is 13.2. The van der Waals surface area contributed by atoms with E-state index in [2.05, 4.69) is 4.98 Å². The van der Waals surface area contributed by atoms with Crippen molar-refractivity contribution in [3.63, 3.8) is 0 Å². The molecule has 7 nitrogen and oxygen atoms in total. The van der Waals surface area contributed by atoms with Crippen LogP contribution in [0, 0.1) is 18.3 Å². The van der Waals surface area contributed by atoms with Gasteiger partial charge in [0.1, 0.15) is 11.8 Å². The summed E-state index contributed by atoms with van der Waals surface area (Å²) in [6.07, 6.45) is 1.35. The average molecular weight is 331 g/mol. The lowest BCUT2D eigenvalue weighted by Gasteiger charge is -2.08. The fourth-order valence-electron chi connectivity index (χ4n) is 1.81. The summed E-state index contributed by atoms with van der Waals surface area (Å²) in [7, 11) is -2.73. The summed E-state index contributed by atoms with van der Waals surface area (Å²) < 4.78 is 31.3. The number of hydrogen-bond donors (Lipinski definition) is 1. The number of carbonyl (C=O) groups excluding carboxylic acids is 1. The highest BCUT2D eigenvalue weighted by Crippen LogP contribution is 2.19. The van der Waals surface area contributed by atoms with Crippen LogP contribution in [-0.2, 0) is 10.0 Å². The zero-order valence-electron chi connectivity index (χ0n) is 12.4. The molecule has 1 amide bonds. The van der Waals surface area contributed by atoms with Crippen LogP contribution in [0.4, 0.5) is 0 Å². The van der Waals surface area contributed by atoms with Crippen molar-refractivity contribution < 1.29 is 17.9 Å². The van der Waals surface area contributed by atoms with Crippen LogP contribution in [0.2, 0.25) is 0 Å². The predicted molar refractivity (Wildman–Crippen MR) is 81.3 cm³/mol. The van der Waals surface area contributed by atoms with Crippen molar-refractivity contribution >= 4 is 15.9 Å². The molecular weight excluding hydrogens is 318 g/mol. The zero-order chi connectivity index (χ0) is 17.0. The smallest absolute Gasteiger partial charge is 0.281 e. The number of ether oxygens (including phenoxy) is 1. The number of amides is 1. The number of nitriles is 1. The Bertz CT molecular complexity index is 901. The predicted octanol–water partition coefficient (Wildman–Crippen LogP) is 1.39. The topological polar surface area (TPSA) is 109 Å². The van der Waals surface area contributed by atoms with Gasteiger partial charge >= 0.3 is 0 Å². The molecule has 0 bridgehead atoms. The highest BCUT2D eigenvalue weighted by molar-refractivity contribution is 7.90. The largest absolute Gasteiger partial charge is 0.495 e. The van der Waals surface area contributed by atoms with Gasteiger partial charge in [-0.15, -0.1) is 0 Å². The number of nitrogens with zero attached hydrogens (tertiary/aromatic N) is 2. The Morgan fingerprint density at radius 3 is 2.65 bits per heavy atom. The van der Waals surface area contributed by atoms with E-state index in [1.165, 1.54) is 37.6 Å². The molecule has 2 aromatic rings. The van der Waals surface area contributed by atoms with Crippen LogP contribution in [-0.4, -0.2) is 26.4 Å². The van der Waals surface area contributed by atoms with E-state index in [1.807, 2.05) is 10.8 Å². The molecule has 0 fully saturated rings. The lowest BCUT2D eigenvalue weighted by Crippen LogP contribution is -2.31. The van der Waals surface area contributed by atoms with Crippen molar-refractivity contribution in [2.75, 3.05) is 7.11 Å². The van der Waals surface area contributed by atoms with E-state index in [0.29, 0.717) is 5.56 Å². The molecule has 0 saturated carbocycles. The Hall–Kier alpha value is -2.92. The van der Waals surface area contributed by atoms with Gasteiger partial charge in [-0.05, 0) is 42.8 Å². The van der Waals surface area contributed by atoms with Crippen LogP contribution < -0.4 is 9.46 Å². The van der Waals surface area contributed by atoms with Gasteiger partial charge in [-0.25, -0.2) is 9.71 Å². The summed E-state index contributed by atoms with van der Waals surface area (Å²) in [5.41, 5.74) is 0.997. The SMILES string of the molecule is COc1cc(C(=O)NS(=O)(=O)c2cc(C)ccn2)ccc1C#N. The first-order valence-corrected chi connectivity index (χ1v) is 7.93. The molecule has 1 aromatic carbocycles. The monoisotopic (exact) mass is 331 g/mol. The number of carbonyl (C=O) groups is 1. The maximum absolute atomic E-state index is 12.2. The van der Waals surface area contributed by atoms with Gasteiger partial charge < -0.3 is 4.74 Å². The highest BCUT2D eigenvalue weighted by atomic mass is 32.2. The number of aromatic nitrogens is 1. The first-order chi connectivity index (χ1) is 10.9. The van der Waals surface area contributed by atoms with E-state index in [4.69, 9.17) is 10.00 Å². The Balaban J connectivity index is 2.30. The summed E-state index contributed by atoms with van der Waals surface area (Å²) in [6, 6.07) is 8.93. The lowest BCUT2D eigenvalue weighted by atomic mass is 10.1. The molecule has 1 N–H and O–H groups in total. The molecule has 0 atom stereocenters. The van der Waals surface area contributed by atoms with Gasteiger partial charge in [-0.2, -0.15) is 13.7 Å². The fourth-order valence-corrected chi connectivity index (χ4v) is 2.82. The molecule has 0 saturated heterocycles. The second-order valence-electron chi connectivity index (χ2n) is 4.63. The average Bonchev–Trinajstić information content (AvgIpc) is 2.53. The third-order valence-corrected chi connectivity index (χ3v) is 4.20. The Labute approximate surface area is 133 Å². The van der Waals surface area contributed by atoms with Crippen molar-refractivity contribution in [3.05, 3.63) is 53.2 Å². The minimum Gasteiger partial charge on any atom is -0.495 e. The van der Waals surface area contributed by atoms with Crippen LogP contribution in [0.3, 0.4) is 0 Å². The molecule has 0 aliphatic carbocycles. The number of pyridine rings is 1. The maximum Gasteiger partial charge on any atom is 0.281 e. The first-order valence-electron chi connectivity index (χ1n) is 6.45. The number of benzene rings is 1. The fraction of sp³-hybridized carbons (Fsp3) is 0.133. The van der Waals surface area contributed by atoms with E-state index >= 15 is 0 Å². The lowest BCUT2D eigenvalue weighted by molar-refractivity contribution is 0.0981. The summed E-state index contributed by atoms with van der Waals surface area (Å²) in [6.45, 7) is 1.72. The second-order valence-corrected chi connectivity index (χ2v) is 6.26. The second kappa shape index (κ2) is 6.46. The molecule has 2 rings (SSSR count). The number of sulfonamides is 1. The van der Waals surface area contributed by atoms with Crippen molar-refractivity contribution in [2.45, 2.75) is 11.9 Å². The van der Waals surface area contributed by atoms with Gasteiger partial charge in [0, 0.05) is 11.8 Å². The van der Waals surface area contributed by atoms with Gasteiger partial charge in [0.15, 0.2) is 5.03 Å². The van der Waals surface area contributed by atoms with E-state index in [0.717, 1.165) is 0 Å². The molecule has 1 heterocycles. The van der Waals surface area contributed by atoms with Crippen molar-refractivity contribution in [3.8, 4) is 11.8 Å². The van der Waals surface area contributed by atoms with Crippen LogP contribution >= 0.6 is 0 Å². The normalized spacial score (nSPS) is 10.7. The first kappa shape index (κ1) is 16.5. The van der Waals surface area contributed by atoms with Gasteiger partial charge in [-0.3, -0.25) is 4.79 Å². The van der Waals surface area contributed by atoms with E-state index in [1.54, 1.807) is 13.0 Å². The third kappa shape index (κ3) is 3.64. The van der Waals surface area contributed by atoms with Gasteiger partial charge in [-0.1, -0.05) is 0 Å². The van der Waals surface area contributed by atoms with Crippen LogP contribution in [0.1, 0.15) is 21.5 Å².